The topological polar surface area (TPSA) is 89.9 Å². The molecule has 19 heavy (non-hydrogen) atoms. The third kappa shape index (κ3) is 5.06. The molecule has 1 aliphatic carbocycles. The maximum Gasteiger partial charge on any atom is 0.317 e. The van der Waals surface area contributed by atoms with E-state index < -0.39 is 18.0 Å². The number of likely N-dealkylation sites (N-methyl/N-ethyl adjacent to an activating group) is 1. The van der Waals surface area contributed by atoms with Crippen LogP contribution in [-0.2, 0) is 4.79 Å². The van der Waals surface area contributed by atoms with Crippen molar-refractivity contribution in [2.75, 3.05) is 13.6 Å². The maximum atomic E-state index is 11.9. The third-order valence-electron chi connectivity index (χ3n) is 3.53. The van der Waals surface area contributed by atoms with Crippen LogP contribution in [0.5, 0.6) is 0 Å². The molecule has 2 amide bonds. The Labute approximate surface area is 113 Å². The van der Waals surface area contributed by atoms with Crippen LogP contribution in [0.15, 0.2) is 0 Å². The normalized spacial score (nSPS) is 25.2. The van der Waals surface area contributed by atoms with Crippen LogP contribution in [0.1, 0.15) is 39.0 Å². The predicted molar refractivity (Wildman–Crippen MR) is 70.8 cm³/mol. The predicted octanol–water partition coefficient (Wildman–Crippen LogP) is 1.04. The number of hydrogen-bond donors (Lipinski definition) is 3. The van der Waals surface area contributed by atoms with E-state index in [1.54, 1.807) is 14.0 Å². The first-order valence-electron chi connectivity index (χ1n) is 6.84. The number of nitrogens with one attached hydrogen (secondary N) is 1. The van der Waals surface area contributed by atoms with Crippen molar-refractivity contribution < 1.29 is 19.8 Å². The van der Waals surface area contributed by atoms with Crippen LogP contribution in [0, 0.1) is 5.92 Å². The number of aliphatic hydroxyl groups excluding tert-OH is 1. The number of carboxylic acids is 1. The van der Waals surface area contributed by atoms with Gasteiger partial charge in [0, 0.05) is 19.6 Å². The molecule has 1 saturated carbocycles. The van der Waals surface area contributed by atoms with Crippen molar-refractivity contribution in [3.05, 3.63) is 0 Å². The van der Waals surface area contributed by atoms with Gasteiger partial charge in [-0.1, -0.05) is 19.3 Å². The highest BCUT2D eigenvalue weighted by Crippen LogP contribution is 2.24. The molecule has 110 valence electrons. The molecule has 3 atom stereocenters. The summed E-state index contributed by atoms with van der Waals surface area (Å²) in [6.45, 7) is 1.84. The minimum Gasteiger partial charge on any atom is -0.481 e. The Bertz CT molecular complexity index is 320. The molecule has 0 aromatic rings. The Morgan fingerprint density at radius 1 is 1.32 bits per heavy atom. The smallest absolute Gasteiger partial charge is 0.317 e. The van der Waals surface area contributed by atoms with Crippen molar-refractivity contribution in [1.82, 2.24) is 10.2 Å². The fraction of sp³-hybridized carbons (Fsp3) is 0.846. The monoisotopic (exact) mass is 272 g/mol. The lowest BCUT2D eigenvalue weighted by molar-refractivity contribution is -0.142. The SMILES string of the molecule is CC(O)CN(C)C(=O)NC1CCCCCC1C(=O)O. The van der Waals surface area contributed by atoms with E-state index in [2.05, 4.69) is 5.32 Å². The van der Waals surface area contributed by atoms with Gasteiger partial charge >= 0.3 is 12.0 Å². The molecule has 1 fully saturated rings. The second-order valence-corrected chi connectivity index (χ2v) is 5.37. The molecule has 0 aromatic heterocycles. The van der Waals surface area contributed by atoms with Crippen molar-refractivity contribution >= 4 is 12.0 Å². The Kier molecular flexibility index (Phi) is 6.08. The Hall–Kier alpha value is -1.30. The van der Waals surface area contributed by atoms with Gasteiger partial charge in [-0.25, -0.2) is 4.79 Å². The average molecular weight is 272 g/mol. The summed E-state index contributed by atoms with van der Waals surface area (Å²) in [5.41, 5.74) is 0. The van der Waals surface area contributed by atoms with Crippen molar-refractivity contribution in [2.45, 2.75) is 51.2 Å². The molecule has 0 spiro atoms. The number of hydrogen-bond acceptors (Lipinski definition) is 3. The number of rotatable bonds is 4. The molecule has 0 aliphatic heterocycles. The van der Waals surface area contributed by atoms with E-state index in [9.17, 15) is 19.8 Å². The molecule has 1 aliphatic rings. The van der Waals surface area contributed by atoms with Crippen LogP contribution in [0.2, 0.25) is 0 Å². The minimum atomic E-state index is -0.842. The van der Waals surface area contributed by atoms with E-state index >= 15 is 0 Å². The summed E-state index contributed by atoms with van der Waals surface area (Å²) < 4.78 is 0. The van der Waals surface area contributed by atoms with E-state index in [1.807, 2.05) is 0 Å². The zero-order chi connectivity index (χ0) is 14.4. The van der Waals surface area contributed by atoms with Gasteiger partial charge in [-0.2, -0.15) is 0 Å². The Morgan fingerprint density at radius 2 is 1.95 bits per heavy atom. The zero-order valence-corrected chi connectivity index (χ0v) is 11.6. The molecule has 3 N–H and O–H groups in total. The quantitative estimate of drug-likeness (QED) is 0.667. The van der Waals surface area contributed by atoms with Crippen molar-refractivity contribution in [2.24, 2.45) is 5.92 Å². The van der Waals surface area contributed by atoms with Gasteiger partial charge < -0.3 is 20.4 Å². The summed E-state index contributed by atoms with van der Waals surface area (Å²) in [7, 11) is 1.59. The van der Waals surface area contributed by atoms with Crippen LogP contribution in [0.4, 0.5) is 4.79 Å². The summed E-state index contributed by atoms with van der Waals surface area (Å²) in [5.74, 6) is -1.35. The summed E-state index contributed by atoms with van der Waals surface area (Å²) in [6, 6.07) is -0.636. The zero-order valence-electron chi connectivity index (χ0n) is 11.6. The van der Waals surface area contributed by atoms with Crippen molar-refractivity contribution in [3.63, 3.8) is 0 Å². The molecule has 0 saturated heterocycles. The lowest BCUT2D eigenvalue weighted by Gasteiger charge is -2.26. The maximum absolute atomic E-state index is 11.9. The van der Waals surface area contributed by atoms with Gasteiger partial charge in [0.25, 0.3) is 0 Å². The molecule has 0 heterocycles. The molecular formula is C13H24N2O4. The summed E-state index contributed by atoms with van der Waals surface area (Å²) in [5, 5.41) is 21.3. The number of carbonyl (C=O) groups is 2. The van der Waals surface area contributed by atoms with Crippen LogP contribution in [0.3, 0.4) is 0 Å². The number of carboxylic acid groups (broad SMARTS) is 1. The highest BCUT2D eigenvalue weighted by Gasteiger charge is 2.31. The number of aliphatic carboxylic acids is 1. The highest BCUT2D eigenvalue weighted by molar-refractivity contribution is 5.76. The minimum absolute atomic E-state index is 0.232. The van der Waals surface area contributed by atoms with Gasteiger partial charge in [0.2, 0.25) is 0 Å². The van der Waals surface area contributed by atoms with Gasteiger partial charge in [0.1, 0.15) is 0 Å². The number of aliphatic hydroxyl groups is 1. The highest BCUT2D eigenvalue weighted by atomic mass is 16.4. The van der Waals surface area contributed by atoms with Crippen molar-refractivity contribution in [3.8, 4) is 0 Å². The number of urea groups is 1. The number of amides is 2. The van der Waals surface area contributed by atoms with E-state index in [0.717, 1.165) is 19.3 Å². The second kappa shape index (κ2) is 7.33. The molecule has 0 aromatic carbocycles. The van der Waals surface area contributed by atoms with E-state index in [1.165, 1.54) is 4.90 Å². The van der Waals surface area contributed by atoms with E-state index in [0.29, 0.717) is 12.8 Å². The first-order chi connectivity index (χ1) is 8.91. The van der Waals surface area contributed by atoms with Crippen LogP contribution < -0.4 is 5.32 Å². The van der Waals surface area contributed by atoms with Crippen molar-refractivity contribution in [1.29, 1.82) is 0 Å². The third-order valence-corrected chi connectivity index (χ3v) is 3.53. The molecular weight excluding hydrogens is 248 g/mol. The lowest BCUT2D eigenvalue weighted by atomic mass is 9.95. The Morgan fingerprint density at radius 3 is 2.53 bits per heavy atom. The van der Waals surface area contributed by atoms with E-state index in [-0.39, 0.29) is 18.6 Å². The Balaban J connectivity index is 2.60. The van der Waals surface area contributed by atoms with Gasteiger partial charge in [0.05, 0.1) is 12.0 Å². The molecule has 6 heteroatoms. The largest absolute Gasteiger partial charge is 0.481 e. The van der Waals surface area contributed by atoms with Crippen LogP contribution >= 0.6 is 0 Å². The van der Waals surface area contributed by atoms with Gasteiger partial charge in [-0.05, 0) is 19.8 Å². The number of carbonyl (C=O) groups excluding carboxylic acids is 1. The molecule has 6 nitrogen and oxygen atoms in total. The first kappa shape index (κ1) is 15.8. The molecule has 3 unspecified atom stereocenters. The van der Waals surface area contributed by atoms with Crippen LogP contribution in [-0.4, -0.2) is 52.9 Å². The van der Waals surface area contributed by atoms with Gasteiger partial charge in [-0.15, -0.1) is 0 Å². The fourth-order valence-corrected chi connectivity index (χ4v) is 2.52. The first-order valence-corrected chi connectivity index (χ1v) is 6.84. The van der Waals surface area contributed by atoms with Gasteiger partial charge in [0.15, 0.2) is 0 Å². The molecule has 1 rings (SSSR count). The van der Waals surface area contributed by atoms with Gasteiger partial charge in [-0.3, -0.25) is 4.79 Å². The summed E-state index contributed by atoms with van der Waals surface area (Å²) >= 11 is 0. The fourth-order valence-electron chi connectivity index (χ4n) is 2.52. The average Bonchev–Trinajstić information content (AvgIpc) is 2.53. The molecule has 0 bridgehead atoms. The second-order valence-electron chi connectivity index (χ2n) is 5.37. The lowest BCUT2D eigenvalue weighted by Crippen LogP contribution is -2.49. The number of nitrogens with zero attached hydrogens (tertiary/aromatic N) is 1. The van der Waals surface area contributed by atoms with E-state index in [4.69, 9.17) is 0 Å². The standard InChI is InChI=1S/C13H24N2O4/c1-9(16)8-15(2)13(19)14-11-7-5-3-4-6-10(11)12(17)18/h9-11,16H,3-8H2,1-2H3,(H,14,19)(H,17,18). The summed E-state index contributed by atoms with van der Waals surface area (Å²) in [6.07, 6.45) is 3.56. The summed E-state index contributed by atoms with van der Waals surface area (Å²) in [4.78, 5) is 24.6. The molecule has 0 radical (unpaired) electrons. The van der Waals surface area contributed by atoms with Crippen LogP contribution in [0.25, 0.3) is 0 Å².